The van der Waals surface area contributed by atoms with Gasteiger partial charge < -0.3 is 61.1 Å². The zero-order valence-electron chi connectivity index (χ0n) is 41.0. The quantitative estimate of drug-likeness (QED) is 0.0337. The van der Waals surface area contributed by atoms with Crippen molar-refractivity contribution in [3.63, 3.8) is 0 Å². The average molecular weight is 929 g/mol. The maximum atomic E-state index is 12.8. The van der Waals surface area contributed by atoms with Gasteiger partial charge in [0.2, 0.25) is 5.75 Å². The van der Waals surface area contributed by atoms with Crippen LogP contribution in [-0.2, 0) is 44.9 Å². The minimum atomic E-state index is -0.605. The molecule has 0 fully saturated rings. The van der Waals surface area contributed by atoms with Gasteiger partial charge in [-0.1, -0.05) is 12.1 Å². The maximum Gasteiger partial charge on any atom is 0.331 e. The summed E-state index contributed by atoms with van der Waals surface area (Å²) in [5.41, 5.74) is 7.52. The molecule has 0 amide bonds. The number of esters is 2. The van der Waals surface area contributed by atoms with E-state index in [-0.39, 0.29) is 19.3 Å². The molecule has 0 aromatic heterocycles. The molecular formula is C52H68N2O13+2. The fourth-order valence-corrected chi connectivity index (χ4v) is 9.74. The predicted octanol–water partition coefficient (Wildman–Crippen LogP) is 7.34. The van der Waals surface area contributed by atoms with Crippen molar-refractivity contribution in [3.8, 4) is 62.9 Å². The van der Waals surface area contributed by atoms with Crippen molar-refractivity contribution in [2.75, 3.05) is 117 Å². The summed E-state index contributed by atoms with van der Waals surface area (Å²) in [7, 11) is 19.1. The van der Waals surface area contributed by atoms with Gasteiger partial charge in [0.15, 0.2) is 46.0 Å². The Hall–Kier alpha value is -6.32. The Balaban J connectivity index is 1.04. The molecule has 2 aliphatic rings. The molecule has 2 aliphatic heterocycles. The first kappa shape index (κ1) is 50.1. The van der Waals surface area contributed by atoms with Gasteiger partial charge in [0.05, 0.1) is 123 Å². The number of nitrogens with zero attached hydrogens (tertiary/aromatic N) is 2. The van der Waals surface area contributed by atoms with Gasteiger partial charge in [-0.25, -0.2) is 9.59 Å². The van der Waals surface area contributed by atoms with Gasteiger partial charge in [0.1, 0.15) is 12.6 Å². The minimum absolute atomic E-state index is 0.0497. The molecule has 15 nitrogen and oxygen atoms in total. The molecule has 0 aliphatic carbocycles. The first-order valence-electron chi connectivity index (χ1n) is 22.5. The molecule has 67 heavy (non-hydrogen) atoms. The highest BCUT2D eigenvalue weighted by Gasteiger charge is 2.43. The Morgan fingerprint density at radius 2 is 1.10 bits per heavy atom. The van der Waals surface area contributed by atoms with Gasteiger partial charge >= 0.3 is 11.9 Å². The van der Waals surface area contributed by atoms with Gasteiger partial charge in [-0.3, -0.25) is 0 Å². The van der Waals surface area contributed by atoms with E-state index in [0.717, 1.165) is 83.5 Å². The van der Waals surface area contributed by atoms with Gasteiger partial charge in [-0.2, -0.15) is 0 Å². The van der Waals surface area contributed by atoms with Gasteiger partial charge in [0.25, 0.3) is 0 Å². The average Bonchev–Trinajstić information content (AvgIpc) is 3.35. The fraction of sp³-hybridized carbons (Fsp3) is 0.462. The molecule has 4 aromatic carbocycles. The van der Waals surface area contributed by atoms with E-state index in [1.807, 2.05) is 36.4 Å². The number of rotatable bonds is 22. The van der Waals surface area contributed by atoms with E-state index in [0.29, 0.717) is 82.0 Å². The molecule has 362 valence electrons. The third kappa shape index (κ3) is 11.1. The smallest absolute Gasteiger partial charge is 0.331 e. The maximum absolute atomic E-state index is 12.8. The topological polar surface area (TPSA) is 136 Å². The number of likely N-dealkylation sites (N-methyl/N-ethyl adjacent to an activating group) is 2. The Morgan fingerprint density at radius 1 is 0.567 bits per heavy atom. The van der Waals surface area contributed by atoms with Crippen LogP contribution in [0.5, 0.6) is 51.7 Å². The van der Waals surface area contributed by atoms with Gasteiger partial charge in [0, 0.05) is 55.4 Å². The zero-order valence-corrected chi connectivity index (χ0v) is 41.0. The van der Waals surface area contributed by atoms with Gasteiger partial charge in [-0.15, -0.1) is 0 Å². The van der Waals surface area contributed by atoms with Crippen LogP contribution in [0.4, 0.5) is 0 Å². The highest BCUT2D eigenvalue weighted by Crippen LogP contribution is 2.51. The van der Waals surface area contributed by atoms with Crippen LogP contribution >= 0.6 is 0 Å². The molecule has 6 rings (SSSR count). The zero-order chi connectivity index (χ0) is 48.3. The van der Waals surface area contributed by atoms with Crippen molar-refractivity contribution in [2.45, 2.75) is 44.7 Å². The number of methoxy groups -OCH3 is 9. The Bertz CT molecular complexity index is 2420. The molecule has 15 heteroatoms. The van der Waals surface area contributed by atoms with Crippen LogP contribution in [0.25, 0.3) is 11.1 Å². The molecule has 4 aromatic rings. The fourth-order valence-electron chi connectivity index (χ4n) is 9.74. The van der Waals surface area contributed by atoms with Crippen LogP contribution in [0.3, 0.4) is 0 Å². The lowest BCUT2D eigenvalue weighted by atomic mass is 9.85. The second kappa shape index (κ2) is 22.4. The third-order valence-electron chi connectivity index (χ3n) is 13.3. The highest BCUT2D eigenvalue weighted by molar-refractivity contribution is 5.91. The summed E-state index contributed by atoms with van der Waals surface area (Å²) < 4.78 is 64.1. The lowest BCUT2D eigenvalue weighted by Crippen LogP contribution is -2.52. The summed E-state index contributed by atoms with van der Waals surface area (Å²) in [6.07, 6.45) is 5.78. The first-order valence-corrected chi connectivity index (χ1v) is 22.5. The molecule has 0 radical (unpaired) electrons. The summed E-state index contributed by atoms with van der Waals surface area (Å²) in [4.78, 5) is 25.6. The lowest BCUT2D eigenvalue weighted by molar-refractivity contribution is -0.941. The van der Waals surface area contributed by atoms with E-state index in [2.05, 4.69) is 26.2 Å². The first-order chi connectivity index (χ1) is 32.3. The highest BCUT2D eigenvalue weighted by atomic mass is 16.5. The number of benzene rings is 4. The van der Waals surface area contributed by atoms with E-state index >= 15 is 0 Å². The van der Waals surface area contributed by atoms with Gasteiger partial charge in [-0.05, 0) is 58.7 Å². The van der Waals surface area contributed by atoms with E-state index in [1.165, 1.54) is 11.1 Å². The molecule has 0 bridgehead atoms. The molecule has 0 spiro atoms. The summed E-state index contributed by atoms with van der Waals surface area (Å²) in [6, 6.07) is 15.9. The number of ether oxygens (including phenoxy) is 11. The Kier molecular flexibility index (Phi) is 16.8. The van der Waals surface area contributed by atoms with Crippen LogP contribution in [0, 0.1) is 0 Å². The number of quaternary nitrogens is 2. The van der Waals surface area contributed by atoms with Crippen molar-refractivity contribution in [2.24, 2.45) is 0 Å². The summed E-state index contributed by atoms with van der Waals surface area (Å²) in [5, 5.41) is 0. The molecule has 3 unspecified atom stereocenters. The van der Waals surface area contributed by atoms with Crippen LogP contribution < -0.4 is 42.6 Å². The van der Waals surface area contributed by atoms with Crippen LogP contribution in [0.1, 0.15) is 46.7 Å². The van der Waals surface area contributed by atoms with Crippen molar-refractivity contribution in [1.29, 1.82) is 0 Å². The third-order valence-corrected chi connectivity index (χ3v) is 13.3. The number of hydrogen-bond donors (Lipinski definition) is 0. The van der Waals surface area contributed by atoms with Crippen molar-refractivity contribution < 1.29 is 70.7 Å². The summed E-state index contributed by atoms with van der Waals surface area (Å²) in [5.74, 6) is 4.50. The van der Waals surface area contributed by atoms with E-state index in [4.69, 9.17) is 52.1 Å². The Morgan fingerprint density at radius 3 is 1.70 bits per heavy atom. The largest absolute Gasteiger partial charge is 0.493 e. The molecular weight excluding hydrogens is 861 g/mol. The summed E-state index contributed by atoms with van der Waals surface area (Å²) >= 11 is 0. The number of hydrogen-bond acceptors (Lipinski definition) is 13. The van der Waals surface area contributed by atoms with Crippen LogP contribution in [0.15, 0.2) is 60.7 Å². The van der Waals surface area contributed by atoms with Crippen LogP contribution in [0.2, 0.25) is 0 Å². The standard InChI is InChI=1S/C52H68N2O13/c1-53(24-20-35-30-44(61-7)50(63-9)48(38(35)33-53)36-15-17-41(58-4)43(31-36)60-6)22-12-26-66-46(55)18-19-47(56)67-27-13-23-54(2)25-21-37-32-45(62-8)51(64-10)52(65-11)49(37)39(54)28-34-14-16-40(57-3)42(29-34)59-5/h14-19,29-32,39H,12-13,20-28,33H2,1-11H3/q+2/b19-18+. The van der Waals surface area contributed by atoms with Crippen molar-refractivity contribution in [1.82, 2.24) is 0 Å². The molecule has 3 atom stereocenters. The van der Waals surface area contributed by atoms with E-state index in [9.17, 15) is 9.59 Å². The second-order valence-electron chi connectivity index (χ2n) is 17.3. The SMILES string of the molecule is COc1ccc(CC2c3c(cc(OC)c(OC)c3OC)CC[N+]2(C)CCCOC(=O)/C=C/C(=O)OCCC[N+]2(C)CCc3cc(OC)c(OC)c(-c4ccc(OC)c(OC)c4)c3C2)cc1OC. The number of fused-ring (bicyclic) bond motifs is 2. The minimum Gasteiger partial charge on any atom is -0.493 e. The number of carbonyl (C=O) groups is 2. The normalized spacial score (nSPS) is 18.5. The van der Waals surface area contributed by atoms with E-state index in [1.54, 1.807) is 64.0 Å². The molecule has 0 saturated carbocycles. The second-order valence-corrected chi connectivity index (χ2v) is 17.3. The molecule has 2 heterocycles. The van der Waals surface area contributed by atoms with E-state index < -0.39 is 11.9 Å². The lowest BCUT2D eigenvalue weighted by Gasteiger charge is -2.46. The monoisotopic (exact) mass is 928 g/mol. The predicted molar refractivity (Wildman–Crippen MR) is 253 cm³/mol. The van der Waals surface area contributed by atoms with Crippen molar-refractivity contribution >= 4 is 11.9 Å². The van der Waals surface area contributed by atoms with Crippen LogP contribution in [-0.4, -0.2) is 138 Å². The Labute approximate surface area is 395 Å². The molecule has 0 N–H and O–H groups in total. The molecule has 0 saturated heterocycles. The number of carbonyl (C=O) groups excluding carboxylic acids is 2. The summed E-state index contributed by atoms with van der Waals surface area (Å²) in [6.45, 7) is 4.33. The van der Waals surface area contributed by atoms with Crippen molar-refractivity contribution in [3.05, 3.63) is 88.5 Å².